The van der Waals surface area contributed by atoms with E-state index in [4.69, 9.17) is 27.5 Å². The quantitative estimate of drug-likeness (QED) is 0.262. The van der Waals surface area contributed by atoms with Crippen LogP contribution in [0.3, 0.4) is 0 Å². The number of nitrogens with zero attached hydrogens (tertiary/aromatic N) is 1. The van der Waals surface area contributed by atoms with E-state index in [-0.39, 0.29) is 16.5 Å². The van der Waals surface area contributed by atoms with Gasteiger partial charge in [0, 0.05) is 18.6 Å². The first-order valence-corrected chi connectivity index (χ1v) is 5.78. The van der Waals surface area contributed by atoms with Crippen LogP contribution in [-0.2, 0) is 0 Å². The van der Waals surface area contributed by atoms with Crippen LogP contribution in [0.25, 0.3) is 0 Å². The normalized spacial score (nSPS) is 10.1. The third-order valence-electron chi connectivity index (χ3n) is 2.22. The maximum atomic E-state index is 10.5. The second-order valence-electron chi connectivity index (χ2n) is 3.70. The van der Waals surface area contributed by atoms with Crippen LogP contribution >= 0.6 is 11.6 Å². The van der Waals surface area contributed by atoms with Gasteiger partial charge < -0.3 is 10.5 Å². The molecule has 0 heterocycles. The Morgan fingerprint density at radius 3 is 2.78 bits per heavy atom. The predicted octanol–water partition coefficient (Wildman–Crippen LogP) is 2.73. The third-order valence-corrected chi connectivity index (χ3v) is 2.52. The zero-order valence-electron chi connectivity index (χ0n) is 9.69. The molecule has 98 valence electrons. The summed E-state index contributed by atoms with van der Waals surface area (Å²) in [5.74, 6) is 0.577. The molecule has 6 nitrogen and oxygen atoms in total. The lowest BCUT2D eigenvalue weighted by Gasteiger charge is -2.07. The summed E-state index contributed by atoms with van der Waals surface area (Å²) in [6, 6.07) is 4.08. The maximum absolute atomic E-state index is 10.5. The molecule has 18 heavy (non-hydrogen) atoms. The Kier molecular flexibility index (Phi) is 5.38. The topological polar surface area (TPSA) is 102 Å². The number of ether oxygens (including phenoxy) is 1. The number of amidine groups is 1. The highest BCUT2D eigenvalue weighted by molar-refractivity contribution is 6.32. The van der Waals surface area contributed by atoms with Gasteiger partial charge in [-0.25, -0.2) is 0 Å². The van der Waals surface area contributed by atoms with E-state index in [0.29, 0.717) is 18.8 Å². The molecule has 0 aliphatic heterocycles. The first-order valence-electron chi connectivity index (χ1n) is 5.40. The molecule has 0 atom stereocenters. The van der Waals surface area contributed by atoms with Gasteiger partial charge in [0.1, 0.15) is 5.75 Å². The fourth-order valence-corrected chi connectivity index (χ4v) is 1.55. The largest absolute Gasteiger partial charge is 0.492 e. The highest BCUT2D eigenvalue weighted by Crippen LogP contribution is 2.28. The van der Waals surface area contributed by atoms with Crippen molar-refractivity contribution in [2.45, 2.75) is 19.3 Å². The zero-order valence-corrected chi connectivity index (χ0v) is 10.4. The zero-order chi connectivity index (χ0) is 13.5. The molecule has 0 aromatic heterocycles. The Balaban J connectivity index is 2.43. The minimum atomic E-state index is -0.511. The van der Waals surface area contributed by atoms with Crippen molar-refractivity contribution in [2.24, 2.45) is 5.73 Å². The predicted molar refractivity (Wildman–Crippen MR) is 69.4 cm³/mol. The Hall–Kier alpha value is -1.82. The number of unbranched alkanes of at least 4 members (excludes halogenated alkanes) is 1. The van der Waals surface area contributed by atoms with Crippen LogP contribution in [-0.4, -0.2) is 17.4 Å². The molecule has 0 radical (unpaired) electrons. The second-order valence-corrected chi connectivity index (χ2v) is 4.11. The van der Waals surface area contributed by atoms with Crippen LogP contribution in [0.2, 0.25) is 5.02 Å². The Bertz CT molecular complexity index is 451. The first kappa shape index (κ1) is 14.2. The molecule has 0 fully saturated rings. The summed E-state index contributed by atoms with van der Waals surface area (Å²) < 4.78 is 5.39. The number of hydrogen-bond donors (Lipinski definition) is 2. The molecular weight excluding hydrogens is 258 g/mol. The lowest BCUT2D eigenvalue weighted by molar-refractivity contribution is -0.384. The van der Waals surface area contributed by atoms with Crippen molar-refractivity contribution >= 4 is 23.1 Å². The van der Waals surface area contributed by atoms with Crippen molar-refractivity contribution < 1.29 is 9.66 Å². The summed E-state index contributed by atoms with van der Waals surface area (Å²) in [7, 11) is 0. The van der Waals surface area contributed by atoms with Crippen LogP contribution in [0, 0.1) is 15.5 Å². The summed E-state index contributed by atoms with van der Waals surface area (Å²) in [5, 5.41) is 17.8. The third kappa shape index (κ3) is 4.58. The van der Waals surface area contributed by atoms with Crippen LogP contribution in [0.15, 0.2) is 18.2 Å². The summed E-state index contributed by atoms with van der Waals surface area (Å²) in [6.07, 6.45) is 2.05. The Labute approximate surface area is 109 Å². The van der Waals surface area contributed by atoms with E-state index in [1.165, 1.54) is 18.2 Å². The molecule has 0 bridgehead atoms. The average Bonchev–Trinajstić information content (AvgIpc) is 2.29. The molecule has 0 spiro atoms. The highest BCUT2D eigenvalue weighted by Gasteiger charge is 2.09. The van der Waals surface area contributed by atoms with E-state index in [2.05, 4.69) is 0 Å². The fraction of sp³-hybridized carbons (Fsp3) is 0.364. The SMILES string of the molecule is N=C(N)CCCCOc1ccc([N+](=O)[O-])cc1Cl. The molecule has 7 heteroatoms. The number of nitro groups is 1. The van der Waals surface area contributed by atoms with Gasteiger partial charge in [-0.05, 0) is 18.9 Å². The van der Waals surface area contributed by atoms with Gasteiger partial charge in [0.15, 0.2) is 0 Å². The molecule has 0 saturated heterocycles. The number of nitrogens with one attached hydrogen (secondary N) is 1. The molecule has 3 N–H and O–H groups in total. The van der Waals surface area contributed by atoms with Gasteiger partial charge in [-0.1, -0.05) is 11.6 Å². The van der Waals surface area contributed by atoms with Crippen molar-refractivity contribution in [3.8, 4) is 5.75 Å². The summed E-state index contributed by atoms with van der Waals surface area (Å²) in [4.78, 5) is 9.99. The van der Waals surface area contributed by atoms with Crippen molar-refractivity contribution in [3.63, 3.8) is 0 Å². The van der Waals surface area contributed by atoms with Crippen molar-refractivity contribution in [1.29, 1.82) is 5.41 Å². The molecule has 1 aromatic carbocycles. The summed E-state index contributed by atoms with van der Waals surface area (Å²) >= 11 is 5.85. The first-order chi connectivity index (χ1) is 8.50. The van der Waals surface area contributed by atoms with Gasteiger partial charge in [0.05, 0.1) is 22.4 Å². The molecule has 0 aliphatic carbocycles. The number of nitrogens with two attached hydrogens (primary N) is 1. The number of halogens is 1. The summed E-state index contributed by atoms with van der Waals surface area (Å²) in [6.45, 7) is 0.435. The molecule has 0 unspecified atom stereocenters. The van der Waals surface area contributed by atoms with Crippen molar-refractivity contribution in [3.05, 3.63) is 33.3 Å². The van der Waals surface area contributed by atoms with Gasteiger partial charge in [-0.15, -0.1) is 0 Å². The van der Waals surface area contributed by atoms with E-state index < -0.39 is 4.92 Å². The Morgan fingerprint density at radius 2 is 2.22 bits per heavy atom. The van der Waals surface area contributed by atoms with Crippen LogP contribution in [0.4, 0.5) is 5.69 Å². The van der Waals surface area contributed by atoms with E-state index in [9.17, 15) is 10.1 Å². The molecule has 1 rings (SSSR count). The van der Waals surface area contributed by atoms with Crippen molar-refractivity contribution in [1.82, 2.24) is 0 Å². The Morgan fingerprint density at radius 1 is 1.50 bits per heavy atom. The highest BCUT2D eigenvalue weighted by atomic mass is 35.5. The fourth-order valence-electron chi connectivity index (χ4n) is 1.32. The monoisotopic (exact) mass is 271 g/mol. The smallest absolute Gasteiger partial charge is 0.271 e. The minimum absolute atomic E-state index is 0.0658. The van der Waals surface area contributed by atoms with Crippen LogP contribution < -0.4 is 10.5 Å². The number of non-ortho nitro benzene ring substituents is 1. The molecule has 0 aliphatic rings. The van der Waals surface area contributed by atoms with Crippen molar-refractivity contribution in [2.75, 3.05) is 6.61 Å². The summed E-state index contributed by atoms with van der Waals surface area (Å²) in [5.41, 5.74) is 5.15. The molecule has 0 saturated carbocycles. The molecule has 0 amide bonds. The number of hydrogen-bond acceptors (Lipinski definition) is 4. The standard InChI is InChI=1S/C11H14ClN3O3/c12-9-7-8(15(16)17)4-5-10(9)18-6-2-1-3-11(13)14/h4-5,7H,1-3,6H2,(H3,13,14). The van der Waals surface area contributed by atoms with E-state index in [0.717, 1.165) is 12.8 Å². The molecular formula is C11H14ClN3O3. The average molecular weight is 272 g/mol. The van der Waals surface area contributed by atoms with Crippen LogP contribution in [0.5, 0.6) is 5.75 Å². The minimum Gasteiger partial charge on any atom is -0.492 e. The molecule has 1 aromatic rings. The number of rotatable bonds is 7. The van der Waals surface area contributed by atoms with Gasteiger partial charge in [-0.3, -0.25) is 15.5 Å². The van der Waals surface area contributed by atoms with Gasteiger partial charge in [0.2, 0.25) is 0 Å². The maximum Gasteiger partial charge on any atom is 0.271 e. The second kappa shape index (κ2) is 6.80. The van der Waals surface area contributed by atoms with E-state index >= 15 is 0 Å². The van der Waals surface area contributed by atoms with Gasteiger partial charge in [0.25, 0.3) is 5.69 Å². The van der Waals surface area contributed by atoms with E-state index in [1.54, 1.807) is 0 Å². The lowest BCUT2D eigenvalue weighted by atomic mass is 10.2. The number of nitro benzene ring substituents is 1. The van der Waals surface area contributed by atoms with E-state index in [1.807, 2.05) is 0 Å². The van der Waals surface area contributed by atoms with Gasteiger partial charge >= 0.3 is 0 Å². The lowest BCUT2D eigenvalue weighted by Crippen LogP contribution is -2.09. The van der Waals surface area contributed by atoms with Gasteiger partial charge in [-0.2, -0.15) is 0 Å². The van der Waals surface area contributed by atoms with Crippen LogP contribution in [0.1, 0.15) is 19.3 Å². The number of benzene rings is 1.